The highest BCUT2D eigenvalue weighted by atomic mass is 35.5. The Morgan fingerprint density at radius 2 is 1.95 bits per heavy atom. The van der Waals surface area contributed by atoms with Gasteiger partial charge >= 0.3 is 0 Å². The molecule has 0 heterocycles. The minimum atomic E-state index is 0.0447. The van der Waals surface area contributed by atoms with E-state index >= 15 is 0 Å². The number of rotatable bonds is 3. The summed E-state index contributed by atoms with van der Waals surface area (Å²) in [6.45, 7) is 0. The molecule has 1 aromatic rings. The van der Waals surface area contributed by atoms with Gasteiger partial charge in [-0.15, -0.1) is 0 Å². The zero-order chi connectivity index (χ0) is 14.1. The van der Waals surface area contributed by atoms with Crippen molar-refractivity contribution < 1.29 is 4.79 Å². The van der Waals surface area contributed by atoms with Crippen LogP contribution < -0.4 is 5.43 Å². The van der Waals surface area contributed by atoms with E-state index in [2.05, 4.69) is 10.5 Å². The second-order valence-electron chi connectivity index (χ2n) is 5.54. The Balaban J connectivity index is 1.56. The van der Waals surface area contributed by atoms with Gasteiger partial charge < -0.3 is 0 Å². The van der Waals surface area contributed by atoms with Crippen molar-refractivity contribution in [2.75, 3.05) is 0 Å². The van der Waals surface area contributed by atoms with Crippen LogP contribution in [0.15, 0.2) is 23.3 Å². The zero-order valence-electron chi connectivity index (χ0n) is 11.0. The Labute approximate surface area is 128 Å². The largest absolute Gasteiger partial charge is 0.273 e. The van der Waals surface area contributed by atoms with Gasteiger partial charge in [-0.1, -0.05) is 42.1 Å². The standard InChI is InChI=1S/C15H16Cl2N2O/c16-10-6-5-9(13(17)7-10)8-18-19-15(20)14-11-3-1-2-4-12(11)14/h5-8,11-12,14H,1-4H2,(H,19,20)/b18-8-/t11-,12-/m0/s1. The van der Waals surface area contributed by atoms with Crippen LogP contribution in [0.4, 0.5) is 0 Å². The number of nitrogens with one attached hydrogen (secondary N) is 1. The van der Waals surface area contributed by atoms with Crippen LogP contribution in [0.2, 0.25) is 10.0 Å². The van der Waals surface area contributed by atoms with Crippen molar-refractivity contribution in [2.24, 2.45) is 22.9 Å². The Morgan fingerprint density at radius 1 is 1.25 bits per heavy atom. The molecule has 2 aliphatic rings. The molecule has 0 bridgehead atoms. The number of amides is 1. The van der Waals surface area contributed by atoms with Gasteiger partial charge in [-0.2, -0.15) is 5.10 Å². The van der Waals surface area contributed by atoms with E-state index in [4.69, 9.17) is 23.2 Å². The summed E-state index contributed by atoms with van der Waals surface area (Å²) in [5, 5.41) is 5.10. The van der Waals surface area contributed by atoms with Gasteiger partial charge in [-0.05, 0) is 36.8 Å². The normalized spacial score (nSPS) is 28.2. The SMILES string of the molecule is O=C(N/N=C\c1ccc(Cl)cc1Cl)C1[C@H]2CCCC[C@H]12. The van der Waals surface area contributed by atoms with Crippen molar-refractivity contribution in [3.8, 4) is 0 Å². The number of benzene rings is 1. The van der Waals surface area contributed by atoms with Gasteiger partial charge in [0.05, 0.1) is 11.2 Å². The van der Waals surface area contributed by atoms with Crippen molar-refractivity contribution >= 4 is 35.3 Å². The van der Waals surface area contributed by atoms with Gasteiger partial charge in [0, 0.05) is 16.5 Å². The fourth-order valence-electron chi connectivity index (χ4n) is 3.23. The highest BCUT2D eigenvalue weighted by Crippen LogP contribution is 2.55. The molecule has 1 amide bonds. The lowest BCUT2D eigenvalue weighted by Gasteiger charge is -2.04. The van der Waals surface area contributed by atoms with Crippen LogP contribution in [0.1, 0.15) is 31.2 Å². The van der Waals surface area contributed by atoms with E-state index in [-0.39, 0.29) is 11.8 Å². The van der Waals surface area contributed by atoms with Crippen LogP contribution in [0, 0.1) is 17.8 Å². The van der Waals surface area contributed by atoms with Crippen molar-refractivity contribution in [3.63, 3.8) is 0 Å². The van der Waals surface area contributed by atoms with Crippen LogP contribution in [0.3, 0.4) is 0 Å². The lowest BCUT2D eigenvalue weighted by molar-refractivity contribution is -0.122. The molecule has 0 spiro atoms. The molecule has 0 saturated heterocycles. The number of hydrogen-bond donors (Lipinski definition) is 1. The number of carbonyl (C=O) groups is 1. The third-order valence-corrected chi connectivity index (χ3v) is 4.86. The van der Waals surface area contributed by atoms with Gasteiger partial charge in [0.2, 0.25) is 5.91 Å². The molecule has 0 aromatic heterocycles. The molecule has 1 N–H and O–H groups in total. The van der Waals surface area contributed by atoms with E-state index < -0.39 is 0 Å². The monoisotopic (exact) mass is 310 g/mol. The van der Waals surface area contributed by atoms with Gasteiger partial charge in [0.25, 0.3) is 0 Å². The van der Waals surface area contributed by atoms with E-state index in [1.54, 1.807) is 24.4 Å². The van der Waals surface area contributed by atoms with Gasteiger partial charge in [0.15, 0.2) is 0 Å². The summed E-state index contributed by atoms with van der Waals surface area (Å²) in [6, 6.07) is 5.17. The third-order valence-electron chi connectivity index (χ3n) is 4.30. The summed E-state index contributed by atoms with van der Waals surface area (Å²) in [6.07, 6.45) is 6.46. The van der Waals surface area contributed by atoms with E-state index in [1.165, 1.54) is 25.7 Å². The Kier molecular flexibility index (Phi) is 3.99. The van der Waals surface area contributed by atoms with E-state index in [0.29, 0.717) is 21.9 Å². The molecule has 0 radical (unpaired) electrons. The van der Waals surface area contributed by atoms with Crippen LogP contribution in [0.5, 0.6) is 0 Å². The quantitative estimate of drug-likeness (QED) is 0.668. The molecule has 2 aliphatic carbocycles. The topological polar surface area (TPSA) is 41.5 Å². The molecular weight excluding hydrogens is 295 g/mol. The first-order valence-corrected chi connectivity index (χ1v) is 7.70. The summed E-state index contributed by atoms with van der Waals surface area (Å²) >= 11 is 11.9. The van der Waals surface area contributed by atoms with Crippen LogP contribution >= 0.6 is 23.2 Å². The fraction of sp³-hybridized carbons (Fsp3) is 0.467. The maximum Gasteiger partial charge on any atom is 0.243 e. The second kappa shape index (κ2) is 5.74. The first kappa shape index (κ1) is 13.9. The lowest BCUT2D eigenvalue weighted by atomic mass is 10.0. The molecule has 3 rings (SSSR count). The lowest BCUT2D eigenvalue weighted by Crippen LogP contribution is -2.20. The highest BCUT2D eigenvalue weighted by molar-refractivity contribution is 6.36. The molecule has 106 valence electrons. The van der Waals surface area contributed by atoms with Crippen LogP contribution in [-0.2, 0) is 4.79 Å². The predicted molar refractivity (Wildman–Crippen MR) is 81.1 cm³/mol. The molecule has 1 aromatic carbocycles. The van der Waals surface area contributed by atoms with Crippen molar-refractivity contribution in [1.29, 1.82) is 0 Å². The smallest absolute Gasteiger partial charge is 0.243 e. The first-order valence-electron chi connectivity index (χ1n) is 6.95. The summed E-state index contributed by atoms with van der Waals surface area (Å²) in [4.78, 5) is 12.0. The summed E-state index contributed by atoms with van der Waals surface area (Å²) < 4.78 is 0. The van der Waals surface area contributed by atoms with Gasteiger partial charge in [-0.25, -0.2) is 5.43 Å². The first-order chi connectivity index (χ1) is 9.66. The van der Waals surface area contributed by atoms with E-state index in [1.807, 2.05) is 0 Å². The minimum Gasteiger partial charge on any atom is -0.273 e. The molecule has 2 fully saturated rings. The Morgan fingerprint density at radius 3 is 2.60 bits per heavy atom. The predicted octanol–water partition coefficient (Wildman–Crippen LogP) is 3.88. The molecular formula is C15H16Cl2N2O. The average molecular weight is 311 g/mol. The molecule has 20 heavy (non-hydrogen) atoms. The fourth-order valence-corrected chi connectivity index (χ4v) is 3.68. The molecule has 3 nitrogen and oxygen atoms in total. The van der Waals surface area contributed by atoms with Crippen molar-refractivity contribution in [2.45, 2.75) is 25.7 Å². The Bertz CT molecular complexity index is 547. The maximum atomic E-state index is 12.0. The number of carbonyl (C=O) groups excluding carboxylic acids is 1. The second-order valence-corrected chi connectivity index (χ2v) is 6.38. The van der Waals surface area contributed by atoms with Crippen LogP contribution in [0.25, 0.3) is 0 Å². The molecule has 2 saturated carbocycles. The van der Waals surface area contributed by atoms with Crippen molar-refractivity contribution in [3.05, 3.63) is 33.8 Å². The molecule has 0 aliphatic heterocycles. The number of nitrogens with zero attached hydrogens (tertiary/aromatic N) is 1. The van der Waals surface area contributed by atoms with E-state index in [9.17, 15) is 4.79 Å². The zero-order valence-corrected chi connectivity index (χ0v) is 12.5. The molecule has 5 heteroatoms. The average Bonchev–Trinajstić information content (AvgIpc) is 3.15. The molecule has 2 atom stereocenters. The Hall–Kier alpha value is -1.06. The van der Waals surface area contributed by atoms with Crippen LogP contribution in [-0.4, -0.2) is 12.1 Å². The minimum absolute atomic E-state index is 0.0447. The van der Waals surface area contributed by atoms with Crippen molar-refractivity contribution in [1.82, 2.24) is 5.43 Å². The number of halogens is 2. The number of fused-ring (bicyclic) bond motifs is 1. The molecule has 0 unspecified atom stereocenters. The summed E-state index contributed by atoms with van der Waals surface area (Å²) in [7, 11) is 0. The number of hydrogen-bond acceptors (Lipinski definition) is 2. The number of hydrazone groups is 1. The van der Waals surface area contributed by atoms with Gasteiger partial charge in [0.1, 0.15) is 0 Å². The third kappa shape index (κ3) is 2.84. The summed E-state index contributed by atoms with van der Waals surface area (Å²) in [5.74, 6) is 1.41. The maximum absolute atomic E-state index is 12.0. The highest BCUT2D eigenvalue weighted by Gasteiger charge is 2.54. The van der Waals surface area contributed by atoms with Gasteiger partial charge in [-0.3, -0.25) is 4.79 Å². The van der Waals surface area contributed by atoms with E-state index in [0.717, 1.165) is 5.56 Å². The summed E-state index contributed by atoms with van der Waals surface area (Å²) in [5.41, 5.74) is 3.37.